The van der Waals surface area contributed by atoms with Crippen LogP contribution in [0, 0.1) is 0 Å². The van der Waals surface area contributed by atoms with Crippen LogP contribution in [0.15, 0.2) is 0 Å². The van der Waals surface area contributed by atoms with Crippen molar-refractivity contribution in [1.29, 1.82) is 0 Å². The third kappa shape index (κ3) is 23.7. The van der Waals surface area contributed by atoms with Gasteiger partial charge in [0.25, 0.3) is 0 Å². The van der Waals surface area contributed by atoms with Crippen molar-refractivity contribution >= 4 is 20.5 Å². The van der Waals surface area contributed by atoms with Gasteiger partial charge in [-0.3, -0.25) is 8.42 Å². The summed E-state index contributed by atoms with van der Waals surface area (Å²) in [7, 11) is -3.16. The monoisotopic (exact) mass is 344 g/mol. The maximum Gasteiger partial charge on any atom is 1.00 e. The van der Waals surface area contributed by atoms with Gasteiger partial charge in [-0.05, 0) is 6.42 Å². The quantitative estimate of drug-likeness (QED) is 0.198. The van der Waals surface area contributed by atoms with Crippen molar-refractivity contribution < 1.29 is 38.0 Å². The van der Waals surface area contributed by atoms with E-state index in [0.717, 1.165) is 19.3 Å². The SMILES string of the molecule is CCCCCCCCCCCCCCCCS(=O)(=O)[S-].[Na+]. The Bertz CT molecular complexity index is 293. The van der Waals surface area contributed by atoms with Gasteiger partial charge in [0.15, 0.2) is 0 Å². The van der Waals surface area contributed by atoms with E-state index in [0.29, 0.717) is 0 Å². The number of unbranched alkanes of at least 4 members (excludes halogenated alkanes) is 13. The van der Waals surface area contributed by atoms with Crippen LogP contribution in [0.2, 0.25) is 0 Å². The molecule has 0 amide bonds. The minimum Gasteiger partial charge on any atom is -0.649 e. The van der Waals surface area contributed by atoms with E-state index < -0.39 is 8.87 Å². The summed E-state index contributed by atoms with van der Waals surface area (Å²) in [5.74, 6) is 0.181. The molecule has 5 heteroatoms. The van der Waals surface area contributed by atoms with E-state index >= 15 is 0 Å². The van der Waals surface area contributed by atoms with E-state index in [9.17, 15) is 8.42 Å². The summed E-state index contributed by atoms with van der Waals surface area (Å²) < 4.78 is 21.5. The van der Waals surface area contributed by atoms with E-state index in [2.05, 4.69) is 18.6 Å². The van der Waals surface area contributed by atoms with Crippen molar-refractivity contribution in [2.75, 3.05) is 5.75 Å². The topological polar surface area (TPSA) is 34.1 Å². The Morgan fingerprint density at radius 2 is 0.905 bits per heavy atom. The minimum atomic E-state index is -3.16. The molecule has 0 bridgehead atoms. The van der Waals surface area contributed by atoms with Crippen LogP contribution in [0.4, 0.5) is 0 Å². The van der Waals surface area contributed by atoms with Crippen LogP contribution >= 0.6 is 0 Å². The van der Waals surface area contributed by atoms with Crippen molar-refractivity contribution in [1.82, 2.24) is 0 Å². The van der Waals surface area contributed by atoms with Crippen molar-refractivity contribution in [3.05, 3.63) is 0 Å². The van der Waals surface area contributed by atoms with Gasteiger partial charge in [-0.2, -0.15) is 0 Å². The second kappa shape index (κ2) is 17.7. The molecular formula is C16H33NaO2S2. The first-order chi connectivity index (χ1) is 9.56. The van der Waals surface area contributed by atoms with E-state index in [1.54, 1.807) is 0 Å². The summed E-state index contributed by atoms with van der Waals surface area (Å²) in [4.78, 5) is 0. The van der Waals surface area contributed by atoms with Gasteiger partial charge in [0.2, 0.25) is 0 Å². The van der Waals surface area contributed by atoms with E-state index in [1.807, 2.05) is 0 Å². The summed E-state index contributed by atoms with van der Waals surface area (Å²) in [6.45, 7) is 2.26. The van der Waals surface area contributed by atoms with Crippen LogP contribution in [0.5, 0.6) is 0 Å². The van der Waals surface area contributed by atoms with Gasteiger partial charge in [-0.15, -0.1) is 0 Å². The van der Waals surface area contributed by atoms with Gasteiger partial charge < -0.3 is 11.7 Å². The first kappa shape index (κ1) is 24.6. The molecule has 0 heterocycles. The molecule has 0 aromatic heterocycles. The van der Waals surface area contributed by atoms with Crippen LogP contribution in [-0.4, -0.2) is 14.2 Å². The predicted molar refractivity (Wildman–Crippen MR) is 91.5 cm³/mol. The zero-order valence-electron chi connectivity index (χ0n) is 14.2. The Morgan fingerprint density at radius 3 is 1.19 bits per heavy atom. The third-order valence-corrected chi connectivity index (χ3v) is 5.04. The molecule has 0 aromatic carbocycles. The summed E-state index contributed by atoms with van der Waals surface area (Å²) in [5, 5.41) is 0. The second-order valence-electron chi connectivity index (χ2n) is 5.86. The second-order valence-corrected chi connectivity index (χ2v) is 8.91. The maximum atomic E-state index is 10.8. The first-order valence-corrected chi connectivity index (χ1v) is 11.1. The summed E-state index contributed by atoms with van der Waals surface area (Å²) in [5.41, 5.74) is 0. The number of rotatable bonds is 15. The van der Waals surface area contributed by atoms with Gasteiger partial charge in [-0.25, -0.2) is 0 Å². The molecule has 0 N–H and O–H groups in total. The van der Waals surface area contributed by atoms with Gasteiger partial charge in [-0.1, -0.05) is 90.4 Å². The summed E-state index contributed by atoms with van der Waals surface area (Å²) >= 11 is 4.35. The molecule has 122 valence electrons. The molecule has 0 spiro atoms. The van der Waals surface area contributed by atoms with Gasteiger partial charge in [0.05, 0.1) is 0 Å². The molecular weight excluding hydrogens is 311 g/mol. The third-order valence-electron chi connectivity index (χ3n) is 3.75. The fraction of sp³-hybridized carbons (Fsp3) is 1.00. The van der Waals surface area contributed by atoms with E-state index in [1.165, 1.54) is 70.6 Å². The Balaban J connectivity index is 0. The fourth-order valence-electron chi connectivity index (χ4n) is 2.47. The van der Waals surface area contributed by atoms with Crippen LogP contribution in [0.3, 0.4) is 0 Å². The average molecular weight is 345 g/mol. The molecule has 0 rings (SSSR count). The molecule has 0 aliphatic heterocycles. The Kier molecular flexibility index (Phi) is 20.6. The zero-order valence-corrected chi connectivity index (χ0v) is 17.9. The molecule has 21 heavy (non-hydrogen) atoms. The molecule has 0 aliphatic rings. The van der Waals surface area contributed by atoms with Gasteiger partial charge in [0.1, 0.15) is 0 Å². The molecule has 0 unspecified atom stereocenters. The van der Waals surface area contributed by atoms with Gasteiger partial charge >= 0.3 is 29.6 Å². The largest absolute Gasteiger partial charge is 1.00 e. The van der Waals surface area contributed by atoms with Crippen molar-refractivity contribution in [2.24, 2.45) is 0 Å². The number of hydrogen-bond donors (Lipinski definition) is 0. The Labute approximate surface area is 160 Å². The van der Waals surface area contributed by atoms with Crippen molar-refractivity contribution in [2.45, 2.75) is 96.8 Å². The maximum absolute atomic E-state index is 10.8. The smallest absolute Gasteiger partial charge is 0.649 e. The standard InChI is InChI=1S/C16H34O2S2.Na/c1-2-3-4-5-6-7-8-9-10-11-12-13-14-15-16-20(17,18)19;/h2-16H2,1H3,(H,17,18,19);/q;+1/p-1. The van der Waals surface area contributed by atoms with Crippen LogP contribution in [-0.2, 0) is 20.5 Å². The Morgan fingerprint density at radius 1 is 0.619 bits per heavy atom. The fourth-order valence-corrected chi connectivity index (χ4v) is 3.38. The van der Waals surface area contributed by atoms with Crippen LogP contribution in [0.1, 0.15) is 96.8 Å². The molecule has 2 nitrogen and oxygen atoms in total. The van der Waals surface area contributed by atoms with E-state index in [-0.39, 0.29) is 35.3 Å². The van der Waals surface area contributed by atoms with E-state index in [4.69, 9.17) is 0 Å². The first-order valence-electron chi connectivity index (χ1n) is 8.50. The molecule has 0 fully saturated rings. The van der Waals surface area contributed by atoms with Crippen molar-refractivity contribution in [3.8, 4) is 0 Å². The predicted octanol–water partition coefficient (Wildman–Crippen LogP) is 2.35. The Hall–Kier alpha value is 1.30. The molecule has 0 saturated heterocycles. The summed E-state index contributed by atoms with van der Waals surface area (Å²) in [6, 6.07) is 0. The average Bonchev–Trinajstić information content (AvgIpc) is 2.38. The van der Waals surface area contributed by atoms with Crippen LogP contribution < -0.4 is 29.6 Å². The summed E-state index contributed by atoms with van der Waals surface area (Å²) in [6.07, 6.45) is 17.9. The normalized spacial score (nSPS) is 11.3. The minimum absolute atomic E-state index is 0. The molecule has 0 aliphatic carbocycles. The molecule has 0 atom stereocenters. The molecule has 0 saturated carbocycles. The molecule has 0 radical (unpaired) electrons. The van der Waals surface area contributed by atoms with Gasteiger partial charge in [0, 0.05) is 14.6 Å². The zero-order chi connectivity index (χ0) is 15.1. The van der Waals surface area contributed by atoms with Crippen LogP contribution in [0.25, 0.3) is 0 Å². The van der Waals surface area contributed by atoms with Crippen molar-refractivity contribution in [3.63, 3.8) is 0 Å². The molecule has 0 aromatic rings. The number of hydrogen-bond acceptors (Lipinski definition) is 3.